The Kier molecular flexibility index (Phi) is 5.91. The van der Waals surface area contributed by atoms with Crippen molar-refractivity contribution >= 4 is 22.5 Å². The van der Waals surface area contributed by atoms with Gasteiger partial charge in [0.05, 0.1) is 34.4 Å². The highest BCUT2D eigenvalue weighted by Crippen LogP contribution is 2.29. The number of hydrogen-bond acceptors (Lipinski definition) is 3. The maximum absolute atomic E-state index is 13.5. The minimum absolute atomic E-state index is 0.152. The third-order valence-electron chi connectivity index (χ3n) is 6.37. The lowest BCUT2D eigenvalue weighted by atomic mass is 10.0. The van der Waals surface area contributed by atoms with Crippen molar-refractivity contribution in [2.75, 3.05) is 5.32 Å². The van der Waals surface area contributed by atoms with Gasteiger partial charge in [0.2, 0.25) is 0 Å². The van der Waals surface area contributed by atoms with E-state index in [9.17, 15) is 4.79 Å². The monoisotopic (exact) mass is 460 g/mol. The van der Waals surface area contributed by atoms with E-state index in [0.29, 0.717) is 5.56 Å². The molecule has 0 atom stereocenters. The van der Waals surface area contributed by atoms with E-state index in [4.69, 9.17) is 4.98 Å². The van der Waals surface area contributed by atoms with Crippen molar-refractivity contribution in [1.82, 2.24) is 14.8 Å². The highest BCUT2D eigenvalue weighted by atomic mass is 16.1. The highest BCUT2D eigenvalue weighted by molar-refractivity contribution is 6.13. The Balaban J connectivity index is 1.60. The van der Waals surface area contributed by atoms with E-state index in [1.807, 2.05) is 67.2 Å². The quantitative estimate of drug-likeness (QED) is 0.313. The van der Waals surface area contributed by atoms with Crippen LogP contribution < -0.4 is 5.32 Å². The first kappa shape index (κ1) is 22.5. The number of amides is 1. The zero-order valence-electron chi connectivity index (χ0n) is 20.5. The number of aryl methyl sites for hydroxylation is 3. The Morgan fingerprint density at radius 3 is 2.46 bits per heavy atom. The fourth-order valence-electron chi connectivity index (χ4n) is 4.34. The van der Waals surface area contributed by atoms with E-state index in [1.54, 1.807) is 0 Å². The maximum atomic E-state index is 13.5. The lowest BCUT2D eigenvalue weighted by Crippen LogP contribution is -2.13. The molecular formula is C30H28N4O. The topological polar surface area (TPSA) is 59.8 Å². The molecule has 0 bridgehead atoms. The number of fused-ring (bicyclic) bond motifs is 1. The lowest BCUT2D eigenvalue weighted by Gasteiger charge is -2.12. The molecule has 0 aliphatic carbocycles. The molecule has 0 saturated carbocycles. The van der Waals surface area contributed by atoms with Crippen LogP contribution in [0.1, 0.15) is 39.7 Å². The predicted molar refractivity (Wildman–Crippen MR) is 142 cm³/mol. The fourth-order valence-corrected chi connectivity index (χ4v) is 4.34. The number of benzene rings is 3. The number of nitrogens with zero attached hydrogens (tertiary/aromatic N) is 3. The van der Waals surface area contributed by atoms with Gasteiger partial charge in [-0.1, -0.05) is 48.4 Å². The fraction of sp³-hybridized carbons (Fsp3) is 0.167. The Morgan fingerprint density at radius 1 is 0.914 bits per heavy atom. The molecule has 1 amide bonds. The number of carbonyl (C=O) groups excluding carboxylic acids is 1. The van der Waals surface area contributed by atoms with Crippen molar-refractivity contribution in [3.63, 3.8) is 0 Å². The number of hydrogen-bond donors (Lipinski definition) is 1. The number of nitrogens with one attached hydrogen (secondary N) is 1. The van der Waals surface area contributed by atoms with E-state index >= 15 is 0 Å². The molecule has 5 nitrogen and oxygen atoms in total. The second-order valence-corrected chi connectivity index (χ2v) is 8.97. The summed E-state index contributed by atoms with van der Waals surface area (Å²) in [5.41, 5.74) is 9.21. The van der Waals surface area contributed by atoms with Crippen LogP contribution in [-0.2, 0) is 6.42 Å². The van der Waals surface area contributed by atoms with Crippen LogP contribution in [-0.4, -0.2) is 20.7 Å². The molecule has 5 aromatic rings. The van der Waals surface area contributed by atoms with Crippen LogP contribution in [0.25, 0.3) is 27.8 Å². The Bertz CT molecular complexity index is 1550. The Labute approximate surface area is 205 Å². The first-order valence-corrected chi connectivity index (χ1v) is 11.9. The van der Waals surface area contributed by atoms with Gasteiger partial charge in [0.15, 0.2) is 0 Å². The zero-order valence-corrected chi connectivity index (χ0v) is 20.5. The number of aromatic nitrogens is 3. The summed E-state index contributed by atoms with van der Waals surface area (Å²) in [6.45, 7) is 8.22. The molecule has 35 heavy (non-hydrogen) atoms. The maximum Gasteiger partial charge on any atom is 0.256 e. The smallest absolute Gasteiger partial charge is 0.256 e. The van der Waals surface area contributed by atoms with Crippen LogP contribution >= 0.6 is 0 Å². The minimum Gasteiger partial charge on any atom is -0.322 e. The second-order valence-electron chi connectivity index (χ2n) is 8.97. The molecule has 2 heterocycles. The van der Waals surface area contributed by atoms with E-state index in [0.717, 1.165) is 51.2 Å². The molecule has 0 aliphatic rings. The molecule has 0 saturated heterocycles. The molecule has 0 radical (unpaired) electrons. The van der Waals surface area contributed by atoms with Crippen molar-refractivity contribution in [3.05, 3.63) is 107 Å². The number of carbonyl (C=O) groups is 1. The Morgan fingerprint density at radius 2 is 1.69 bits per heavy atom. The standard InChI is InChI=1S/C30H28N4O/c1-5-22-7-6-8-23(16-22)32-30(35)26-17-29(33-28-14-11-20(3)15-25(26)28)27-18-31-34(21(27)4)24-12-9-19(2)10-13-24/h6-18H,5H2,1-4H3,(H,32,35). The number of rotatable bonds is 5. The summed E-state index contributed by atoms with van der Waals surface area (Å²) in [4.78, 5) is 18.4. The number of anilines is 1. The van der Waals surface area contributed by atoms with Gasteiger partial charge in [-0.05, 0) is 75.2 Å². The molecule has 5 heteroatoms. The molecule has 2 aromatic heterocycles. The van der Waals surface area contributed by atoms with Gasteiger partial charge in [0, 0.05) is 16.6 Å². The van der Waals surface area contributed by atoms with Gasteiger partial charge in [-0.3, -0.25) is 4.79 Å². The molecule has 3 aromatic carbocycles. The SMILES string of the molecule is CCc1cccc(NC(=O)c2cc(-c3cnn(-c4ccc(C)cc4)c3C)nc3ccc(C)cc23)c1. The summed E-state index contributed by atoms with van der Waals surface area (Å²) in [6, 6.07) is 24.1. The largest absolute Gasteiger partial charge is 0.322 e. The average Bonchev–Trinajstić information content (AvgIpc) is 3.25. The molecular weight excluding hydrogens is 432 g/mol. The summed E-state index contributed by atoms with van der Waals surface area (Å²) in [5.74, 6) is -0.152. The van der Waals surface area contributed by atoms with Crippen LogP contribution in [0.5, 0.6) is 0 Å². The lowest BCUT2D eigenvalue weighted by molar-refractivity contribution is 0.102. The van der Waals surface area contributed by atoms with Crippen LogP contribution in [0.3, 0.4) is 0 Å². The summed E-state index contributed by atoms with van der Waals surface area (Å²) < 4.78 is 1.91. The van der Waals surface area contributed by atoms with E-state index in [2.05, 4.69) is 54.6 Å². The molecule has 0 fully saturated rings. The van der Waals surface area contributed by atoms with Crippen molar-refractivity contribution in [2.24, 2.45) is 0 Å². The van der Waals surface area contributed by atoms with Crippen LogP contribution in [0.4, 0.5) is 5.69 Å². The third-order valence-corrected chi connectivity index (χ3v) is 6.37. The van der Waals surface area contributed by atoms with Crippen molar-refractivity contribution in [1.29, 1.82) is 0 Å². The minimum atomic E-state index is -0.152. The van der Waals surface area contributed by atoms with Gasteiger partial charge in [-0.2, -0.15) is 5.10 Å². The van der Waals surface area contributed by atoms with Crippen molar-refractivity contribution < 1.29 is 4.79 Å². The summed E-state index contributed by atoms with van der Waals surface area (Å²) in [6.07, 6.45) is 2.74. The highest BCUT2D eigenvalue weighted by Gasteiger charge is 2.18. The van der Waals surface area contributed by atoms with Crippen LogP contribution in [0, 0.1) is 20.8 Å². The van der Waals surface area contributed by atoms with Crippen molar-refractivity contribution in [2.45, 2.75) is 34.1 Å². The van der Waals surface area contributed by atoms with E-state index in [-0.39, 0.29) is 5.91 Å². The Hall–Kier alpha value is -4.25. The van der Waals surface area contributed by atoms with Gasteiger partial charge in [0.25, 0.3) is 5.91 Å². The van der Waals surface area contributed by atoms with Crippen LogP contribution in [0.15, 0.2) is 79.0 Å². The molecule has 0 spiro atoms. The molecule has 0 unspecified atom stereocenters. The predicted octanol–water partition coefficient (Wildman–Crippen LogP) is 6.83. The molecule has 5 rings (SSSR count). The van der Waals surface area contributed by atoms with E-state index in [1.165, 1.54) is 11.1 Å². The third kappa shape index (κ3) is 4.45. The van der Waals surface area contributed by atoms with E-state index < -0.39 is 0 Å². The molecule has 0 aliphatic heterocycles. The first-order chi connectivity index (χ1) is 16.9. The van der Waals surface area contributed by atoms with Crippen molar-refractivity contribution in [3.8, 4) is 16.9 Å². The zero-order chi connectivity index (χ0) is 24.5. The average molecular weight is 461 g/mol. The first-order valence-electron chi connectivity index (χ1n) is 11.9. The van der Waals surface area contributed by atoms with Gasteiger partial charge in [0.1, 0.15) is 0 Å². The van der Waals surface area contributed by atoms with Gasteiger partial charge < -0.3 is 5.32 Å². The second kappa shape index (κ2) is 9.18. The normalized spacial score (nSPS) is 11.1. The molecule has 174 valence electrons. The summed E-state index contributed by atoms with van der Waals surface area (Å²) >= 11 is 0. The summed E-state index contributed by atoms with van der Waals surface area (Å²) in [7, 11) is 0. The van der Waals surface area contributed by atoms with Gasteiger partial charge in [-0.25, -0.2) is 9.67 Å². The summed E-state index contributed by atoms with van der Waals surface area (Å²) in [5, 5.41) is 8.54. The number of pyridine rings is 1. The molecule has 1 N–H and O–H groups in total. The van der Waals surface area contributed by atoms with Gasteiger partial charge in [-0.15, -0.1) is 0 Å². The van der Waals surface area contributed by atoms with Crippen LogP contribution in [0.2, 0.25) is 0 Å². The van der Waals surface area contributed by atoms with Gasteiger partial charge >= 0.3 is 0 Å².